The molecule has 9 heteroatoms. The first-order chi connectivity index (χ1) is 12.0. The van der Waals surface area contributed by atoms with Gasteiger partial charge in [0, 0.05) is 19.4 Å². The van der Waals surface area contributed by atoms with Crippen LogP contribution in [0.3, 0.4) is 0 Å². The van der Waals surface area contributed by atoms with Crippen LogP contribution >= 0.6 is 0 Å². The fourth-order valence-electron chi connectivity index (χ4n) is 2.67. The summed E-state index contributed by atoms with van der Waals surface area (Å²) in [5, 5.41) is 7.31. The minimum Gasteiger partial charge on any atom is -0.354 e. The first kappa shape index (κ1) is 16.9. The number of imidazole rings is 1. The maximum Gasteiger partial charge on any atom is 0.322 e. The van der Waals surface area contributed by atoms with Gasteiger partial charge in [0.25, 0.3) is 0 Å². The minimum atomic E-state index is -0.722. The number of benzene rings is 1. The highest BCUT2D eigenvalue weighted by atomic mass is 19.1. The summed E-state index contributed by atoms with van der Waals surface area (Å²) in [5.74, 6) is -0.327. The number of urea groups is 1. The van der Waals surface area contributed by atoms with Gasteiger partial charge in [0.2, 0.25) is 11.8 Å². The highest BCUT2D eigenvalue weighted by Crippen LogP contribution is 2.13. The number of rotatable bonds is 5. The quantitative estimate of drug-likeness (QED) is 0.597. The van der Waals surface area contributed by atoms with Crippen molar-refractivity contribution < 1.29 is 18.8 Å². The third-order valence-corrected chi connectivity index (χ3v) is 3.92. The molecule has 3 rings (SSSR count). The van der Waals surface area contributed by atoms with Gasteiger partial charge in [-0.1, -0.05) is 0 Å². The van der Waals surface area contributed by atoms with Gasteiger partial charge in [-0.3, -0.25) is 14.9 Å². The van der Waals surface area contributed by atoms with Crippen molar-refractivity contribution in [3.8, 4) is 0 Å². The first-order valence-electron chi connectivity index (χ1n) is 8.03. The van der Waals surface area contributed by atoms with Crippen LogP contribution in [0.1, 0.15) is 25.1 Å². The van der Waals surface area contributed by atoms with Crippen molar-refractivity contribution in [1.29, 1.82) is 0 Å². The molecule has 1 saturated heterocycles. The van der Waals surface area contributed by atoms with Crippen molar-refractivity contribution in [2.45, 2.75) is 31.7 Å². The maximum atomic E-state index is 13.1. The number of fused-ring (bicyclic) bond motifs is 1. The van der Waals surface area contributed by atoms with E-state index < -0.39 is 18.0 Å². The Labute approximate surface area is 142 Å². The average Bonchev–Trinajstić information content (AvgIpc) is 2.88. The molecule has 2 aromatic rings. The number of aryl methyl sites for hydroxylation is 1. The van der Waals surface area contributed by atoms with E-state index in [1.807, 2.05) is 0 Å². The van der Waals surface area contributed by atoms with E-state index in [0.29, 0.717) is 36.2 Å². The van der Waals surface area contributed by atoms with Crippen molar-refractivity contribution in [2.24, 2.45) is 0 Å². The van der Waals surface area contributed by atoms with Crippen LogP contribution in [0.4, 0.5) is 9.18 Å². The topological polar surface area (TPSA) is 116 Å². The van der Waals surface area contributed by atoms with Crippen LogP contribution in [0.25, 0.3) is 11.0 Å². The summed E-state index contributed by atoms with van der Waals surface area (Å²) in [7, 11) is 0. The lowest BCUT2D eigenvalue weighted by atomic mass is 10.1. The number of halogens is 1. The number of carbonyl (C=O) groups excluding carboxylic acids is 3. The van der Waals surface area contributed by atoms with Gasteiger partial charge in [-0.05, 0) is 31.0 Å². The number of H-pyrrole nitrogens is 1. The summed E-state index contributed by atoms with van der Waals surface area (Å²) in [6.45, 7) is 0.401. The van der Waals surface area contributed by atoms with E-state index in [2.05, 4.69) is 25.9 Å². The molecule has 1 fully saturated rings. The molecule has 0 spiro atoms. The normalized spacial score (nSPS) is 17.7. The molecule has 4 N–H and O–H groups in total. The number of nitrogens with zero attached hydrogens (tertiary/aromatic N) is 1. The molecule has 0 radical (unpaired) electrons. The van der Waals surface area contributed by atoms with Gasteiger partial charge in [-0.15, -0.1) is 0 Å². The molecule has 1 aromatic heterocycles. The third kappa shape index (κ3) is 4.31. The van der Waals surface area contributed by atoms with E-state index in [9.17, 15) is 18.8 Å². The van der Waals surface area contributed by atoms with Crippen molar-refractivity contribution in [2.75, 3.05) is 6.54 Å². The lowest BCUT2D eigenvalue weighted by Crippen LogP contribution is -2.48. The lowest BCUT2D eigenvalue weighted by molar-refractivity contribution is -0.123. The smallest absolute Gasteiger partial charge is 0.322 e. The van der Waals surface area contributed by atoms with Crippen LogP contribution in [0.15, 0.2) is 18.2 Å². The number of amides is 4. The van der Waals surface area contributed by atoms with E-state index in [4.69, 9.17) is 0 Å². The Hall–Kier alpha value is -2.97. The van der Waals surface area contributed by atoms with Gasteiger partial charge in [-0.25, -0.2) is 14.2 Å². The molecule has 25 heavy (non-hydrogen) atoms. The molecule has 132 valence electrons. The molecule has 8 nitrogen and oxygen atoms in total. The Kier molecular flexibility index (Phi) is 4.92. The Morgan fingerprint density at radius 3 is 3.04 bits per heavy atom. The van der Waals surface area contributed by atoms with E-state index in [0.717, 1.165) is 0 Å². The SMILES string of the molecule is O=C1CC[C@@H](C(=O)NCCCc2nc3ccc(F)cc3[nH]2)NC(=O)N1. The largest absolute Gasteiger partial charge is 0.354 e. The number of imide groups is 1. The Morgan fingerprint density at radius 1 is 1.36 bits per heavy atom. The molecule has 4 amide bonds. The molecule has 0 bridgehead atoms. The van der Waals surface area contributed by atoms with Crippen LogP contribution in [0, 0.1) is 5.82 Å². The molecule has 1 aromatic carbocycles. The predicted molar refractivity (Wildman–Crippen MR) is 87.1 cm³/mol. The molecule has 0 unspecified atom stereocenters. The van der Waals surface area contributed by atoms with Crippen LogP contribution in [-0.4, -0.2) is 40.4 Å². The Morgan fingerprint density at radius 2 is 2.20 bits per heavy atom. The highest BCUT2D eigenvalue weighted by Gasteiger charge is 2.25. The van der Waals surface area contributed by atoms with Gasteiger partial charge in [-0.2, -0.15) is 0 Å². The summed E-state index contributed by atoms with van der Waals surface area (Å²) < 4.78 is 13.1. The fraction of sp³-hybridized carbons (Fsp3) is 0.375. The monoisotopic (exact) mass is 347 g/mol. The van der Waals surface area contributed by atoms with Crippen molar-refractivity contribution in [3.63, 3.8) is 0 Å². The zero-order valence-electron chi connectivity index (χ0n) is 13.4. The summed E-state index contributed by atoms with van der Waals surface area (Å²) in [6, 6.07) is 2.97. The molecular formula is C16H18FN5O3. The predicted octanol–water partition coefficient (Wildman–Crippen LogP) is 0.739. The molecule has 1 aliphatic rings. The second-order valence-electron chi connectivity index (χ2n) is 5.85. The second-order valence-corrected chi connectivity index (χ2v) is 5.85. The standard InChI is InChI=1S/C16H18FN5O3/c17-9-3-4-10-12(8-9)20-13(19-10)2-1-7-18-15(24)11-5-6-14(23)22-16(25)21-11/h3-4,8,11H,1-2,5-7H2,(H,18,24)(H,19,20)(H2,21,22,23,25)/t11-/m0/s1. The van der Waals surface area contributed by atoms with Gasteiger partial charge in [0.1, 0.15) is 17.7 Å². The van der Waals surface area contributed by atoms with Crippen LogP contribution < -0.4 is 16.0 Å². The fourth-order valence-corrected chi connectivity index (χ4v) is 2.67. The number of hydrogen-bond donors (Lipinski definition) is 4. The maximum absolute atomic E-state index is 13.1. The molecule has 1 atom stereocenters. The van der Waals surface area contributed by atoms with Crippen LogP contribution in [0.2, 0.25) is 0 Å². The second kappa shape index (κ2) is 7.29. The molecular weight excluding hydrogens is 329 g/mol. The van der Waals surface area contributed by atoms with E-state index in [1.165, 1.54) is 12.1 Å². The summed E-state index contributed by atoms with van der Waals surface area (Å²) in [5.41, 5.74) is 1.33. The number of aromatic amines is 1. The first-order valence-corrected chi connectivity index (χ1v) is 8.03. The number of carbonyl (C=O) groups is 3. The zero-order chi connectivity index (χ0) is 17.8. The minimum absolute atomic E-state index is 0.117. The van der Waals surface area contributed by atoms with E-state index in [1.54, 1.807) is 6.07 Å². The lowest BCUT2D eigenvalue weighted by Gasteiger charge is -2.14. The number of aromatic nitrogens is 2. The van der Waals surface area contributed by atoms with Crippen molar-refractivity contribution >= 4 is 28.9 Å². The summed E-state index contributed by atoms with van der Waals surface area (Å²) >= 11 is 0. The molecule has 0 saturated carbocycles. The van der Waals surface area contributed by atoms with Crippen LogP contribution in [-0.2, 0) is 16.0 Å². The molecule has 0 aliphatic carbocycles. The zero-order valence-corrected chi connectivity index (χ0v) is 13.4. The average molecular weight is 347 g/mol. The third-order valence-electron chi connectivity index (χ3n) is 3.92. The Bertz CT molecular complexity index is 819. The van der Waals surface area contributed by atoms with E-state index in [-0.39, 0.29) is 24.6 Å². The summed E-state index contributed by atoms with van der Waals surface area (Å²) in [6.07, 6.45) is 1.60. The Balaban J connectivity index is 1.46. The van der Waals surface area contributed by atoms with Crippen molar-refractivity contribution in [1.82, 2.24) is 25.9 Å². The van der Waals surface area contributed by atoms with Gasteiger partial charge < -0.3 is 15.6 Å². The molecule has 1 aliphatic heterocycles. The van der Waals surface area contributed by atoms with Crippen molar-refractivity contribution in [3.05, 3.63) is 29.8 Å². The molecule has 2 heterocycles. The summed E-state index contributed by atoms with van der Waals surface area (Å²) in [4.78, 5) is 42.1. The van der Waals surface area contributed by atoms with E-state index >= 15 is 0 Å². The van der Waals surface area contributed by atoms with Gasteiger partial charge in [0.15, 0.2) is 0 Å². The van der Waals surface area contributed by atoms with Gasteiger partial charge >= 0.3 is 6.03 Å². The van der Waals surface area contributed by atoms with Gasteiger partial charge in [0.05, 0.1) is 11.0 Å². The highest BCUT2D eigenvalue weighted by molar-refractivity contribution is 5.98. The number of nitrogens with one attached hydrogen (secondary N) is 4. The van der Waals surface area contributed by atoms with Crippen LogP contribution in [0.5, 0.6) is 0 Å². The number of hydrogen-bond acceptors (Lipinski definition) is 4.